The molecular formula is C20H19BrN4. The highest BCUT2D eigenvalue weighted by Gasteiger charge is 2.17. The molecule has 4 nitrogen and oxygen atoms in total. The highest BCUT2D eigenvalue weighted by atomic mass is 79.9. The van der Waals surface area contributed by atoms with Crippen LogP contribution in [0.5, 0.6) is 0 Å². The fourth-order valence-corrected chi connectivity index (χ4v) is 3.51. The van der Waals surface area contributed by atoms with Crippen molar-refractivity contribution in [2.75, 3.05) is 0 Å². The van der Waals surface area contributed by atoms with E-state index in [1.807, 2.05) is 12.3 Å². The minimum atomic E-state index is 0.292. The highest BCUT2D eigenvalue weighted by molar-refractivity contribution is 9.10. The maximum absolute atomic E-state index is 4.57. The van der Waals surface area contributed by atoms with Crippen molar-refractivity contribution in [3.63, 3.8) is 0 Å². The minimum Gasteiger partial charge on any atom is -0.344 e. The molecule has 0 radical (unpaired) electrons. The number of hydrogen-bond acceptors (Lipinski definition) is 3. The van der Waals surface area contributed by atoms with Gasteiger partial charge in [-0.25, -0.2) is 9.97 Å². The van der Waals surface area contributed by atoms with Crippen LogP contribution in [-0.4, -0.2) is 21.0 Å². The van der Waals surface area contributed by atoms with E-state index >= 15 is 0 Å². The molecule has 4 rings (SSSR count). The van der Waals surface area contributed by atoms with Crippen molar-refractivity contribution in [1.82, 2.24) is 20.3 Å². The number of nitrogens with one attached hydrogen (secondary N) is 2. The molecule has 2 aromatic heterocycles. The number of allylic oxidation sites excluding steroid dienone is 2. The van der Waals surface area contributed by atoms with Gasteiger partial charge in [-0.05, 0) is 40.4 Å². The Balaban J connectivity index is 1.60. The van der Waals surface area contributed by atoms with Gasteiger partial charge < -0.3 is 10.3 Å². The average Bonchev–Trinajstić information content (AvgIpc) is 3.05. The molecule has 1 unspecified atom stereocenters. The van der Waals surface area contributed by atoms with Gasteiger partial charge in [-0.3, -0.25) is 0 Å². The lowest BCUT2D eigenvalue weighted by Gasteiger charge is -2.23. The third kappa shape index (κ3) is 3.43. The van der Waals surface area contributed by atoms with E-state index in [0.29, 0.717) is 12.1 Å². The van der Waals surface area contributed by atoms with Crippen molar-refractivity contribution >= 4 is 32.7 Å². The summed E-state index contributed by atoms with van der Waals surface area (Å²) in [4.78, 5) is 12.1. The zero-order chi connectivity index (χ0) is 17.2. The number of rotatable bonds is 4. The first-order valence-electron chi connectivity index (χ1n) is 8.40. The largest absolute Gasteiger partial charge is 0.344 e. The molecule has 0 saturated carbocycles. The van der Waals surface area contributed by atoms with Gasteiger partial charge >= 0.3 is 0 Å². The monoisotopic (exact) mass is 394 g/mol. The summed E-state index contributed by atoms with van der Waals surface area (Å²) in [5, 5.41) is 3.70. The number of H-pyrrole nitrogens is 1. The zero-order valence-electron chi connectivity index (χ0n) is 13.9. The Morgan fingerprint density at radius 1 is 1.28 bits per heavy atom. The topological polar surface area (TPSA) is 53.6 Å². The van der Waals surface area contributed by atoms with Gasteiger partial charge in [0.05, 0.1) is 6.20 Å². The van der Waals surface area contributed by atoms with Crippen LogP contribution in [0.25, 0.3) is 16.7 Å². The third-order valence-electron chi connectivity index (χ3n) is 4.49. The summed E-state index contributed by atoms with van der Waals surface area (Å²) in [7, 11) is 0. The first-order chi connectivity index (χ1) is 12.2. The third-order valence-corrected chi connectivity index (χ3v) is 4.88. The number of nitrogens with zero attached hydrogens (tertiary/aromatic N) is 2. The van der Waals surface area contributed by atoms with Gasteiger partial charge in [0.2, 0.25) is 0 Å². The van der Waals surface area contributed by atoms with E-state index in [-0.39, 0.29) is 0 Å². The lowest BCUT2D eigenvalue weighted by atomic mass is 9.97. The van der Waals surface area contributed by atoms with Crippen LogP contribution in [0.4, 0.5) is 0 Å². The molecule has 2 atom stereocenters. The highest BCUT2D eigenvalue weighted by Crippen LogP contribution is 2.28. The molecule has 0 saturated heterocycles. The predicted molar refractivity (Wildman–Crippen MR) is 105 cm³/mol. The van der Waals surface area contributed by atoms with Crippen LogP contribution in [0.1, 0.15) is 30.5 Å². The molecule has 0 aliphatic heterocycles. The van der Waals surface area contributed by atoms with Crippen LogP contribution in [-0.2, 0) is 0 Å². The summed E-state index contributed by atoms with van der Waals surface area (Å²) < 4.78 is 0.744. The quantitative estimate of drug-likeness (QED) is 0.668. The van der Waals surface area contributed by atoms with E-state index in [4.69, 9.17) is 0 Å². The van der Waals surface area contributed by atoms with Crippen LogP contribution < -0.4 is 5.32 Å². The zero-order valence-corrected chi connectivity index (χ0v) is 15.5. The summed E-state index contributed by atoms with van der Waals surface area (Å²) in [6, 6.07) is 11.1. The van der Waals surface area contributed by atoms with Crippen molar-refractivity contribution in [2.45, 2.75) is 25.4 Å². The number of fused-ring (bicyclic) bond motifs is 1. The second-order valence-electron chi connectivity index (χ2n) is 6.26. The standard InChI is InChI=1S/C20H19BrN4/c1-13(14-6-3-2-4-7-14)24-16-9-5-8-15(10-16)17-11-22-20-19(17)25-18(21)12-23-20/h2-8,10-13,16,24H,9H2,1H3,(H,22,23)/t13-,16?/m0/s1. The Morgan fingerprint density at radius 3 is 2.96 bits per heavy atom. The molecule has 0 spiro atoms. The van der Waals surface area contributed by atoms with Crippen LogP contribution in [0.2, 0.25) is 0 Å². The van der Waals surface area contributed by atoms with Crippen molar-refractivity contribution in [2.24, 2.45) is 0 Å². The fourth-order valence-electron chi connectivity index (χ4n) is 3.23. The number of hydrogen-bond donors (Lipinski definition) is 2. The number of halogens is 1. The number of aromatic nitrogens is 3. The molecule has 1 aliphatic rings. The second kappa shape index (κ2) is 6.94. The molecule has 5 heteroatoms. The van der Waals surface area contributed by atoms with E-state index in [0.717, 1.165) is 27.8 Å². The number of benzene rings is 1. The molecule has 1 aliphatic carbocycles. The first-order valence-corrected chi connectivity index (χ1v) is 9.19. The predicted octanol–water partition coefficient (Wildman–Crippen LogP) is 4.78. The molecular weight excluding hydrogens is 376 g/mol. The maximum Gasteiger partial charge on any atom is 0.156 e. The lowest BCUT2D eigenvalue weighted by molar-refractivity contribution is 0.513. The van der Waals surface area contributed by atoms with Gasteiger partial charge in [-0.1, -0.05) is 48.6 Å². The van der Waals surface area contributed by atoms with Gasteiger partial charge in [0, 0.05) is 23.8 Å². The summed E-state index contributed by atoms with van der Waals surface area (Å²) in [5.41, 5.74) is 5.25. The SMILES string of the molecule is C[C@H](NC1C=C(c2c[nH]c3ncc(Br)nc23)C=CC1)c1ccccc1. The van der Waals surface area contributed by atoms with Gasteiger partial charge in [-0.2, -0.15) is 0 Å². The van der Waals surface area contributed by atoms with Crippen molar-refractivity contribution in [3.05, 3.63) is 76.7 Å². The van der Waals surface area contributed by atoms with E-state index in [1.54, 1.807) is 6.20 Å². The van der Waals surface area contributed by atoms with Crippen LogP contribution >= 0.6 is 15.9 Å². The van der Waals surface area contributed by atoms with Crippen molar-refractivity contribution in [1.29, 1.82) is 0 Å². The molecule has 2 heterocycles. The summed E-state index contributed by atoms with van der Waals surface area (Å²) in [5.74, 6) is 0. The second-order valence-corrected chi connectivity index (χ2v) is 7.07. The van der Waals surface area contributed by atoms with Crippen molar-refractivity contribution in [3.8, 4) is 0 Å². The minimum absolute atomic E-state index is 0.292. The molecule has 25 heavy (non-hydrogen) atoms. The molecule has 1 aromatic carbocycles. The molecule has 126 valence electrons. The fraction of sp³-hybridized carbons (Fsp3) is 0.200. The summed E-state index contributed by atoms with van der Waals surface area (Å²) in [6.45, 7) is 2.20. The van der Waals surface area contributed by atoms with E-state index in [1.165, 1.54) is 11.1 Å². The number of aromatic amines is 1. The van der Waals surface area contributed by atoms with Gasteiger partial charge in [0.1, 0.15) is 10.1 Å². The normalized spacial score (nSPS) is 18.3. The molecule has 2 N–H and O–H groups in total. The Bertz CT molecular complexity index is 943. The van der Waals surface area contributed by atoms with Gasteiger partial charge in [0.15, 0.2) is 5.65 Å². The van der Waals surface area contributed by atoms with E-state index < -0.39 is 0 Å². The summed E-state index contributed by atoms with van der Waals surface area (Å²) >= 11 is 3.41. The molecule has 0 fully saturated rings. The van der Waals surface area contributed by atoms with Crippen LogP contribution in [0.15, 0.2) is 65.6 Å². The van der Waals surface area contributed by atoms with Gasteiger partial charge in [0.25, 0.3) is 0 Å². The average molecular weight is 395 g/mol. The van der Waals surface area contributed by atoms with Crippen LogP contribution in [0.3, 0.4) is 0 Å². The Morgan fingerprint density at radius 2 is 2.12 bits per heavy atom. The lowest BCUT2D eigenvalue weighted by Crippen LogP contribution is -2.30. The molecule has 0 bridgehead atoms. The van der Waals surface area contributed by atoms with Gasteiger partial charge in [-0.15, -0.1) is 0 Å². The molecule has 0 amide bonds. The van der Waals surface area contributed by atoms with Crippen LogP contribution in [0, 0.1) is 0 Å². The Kier molecular flexibility index (Phi) is 4.51. The maximum atomic E-state index is 4.57. The first kappa shape index (κ1) is 16.2. The molecule has 3 aromatic rings. The van der Waals surface area contributed by atoms with E-state index in [2.05, 4.69) is 85.6 Å². The Hall–Kier alpha value is -2.24. The smallest absolute Gasteiger partial charge is 0.156 e. The van der Waals surface area contributed by atoms with Crippen molar-refractivity contribution < 1.29 is 0 Å². The Labute approximate surface area is 155 Å². The van der Waals surface area contributed by atoms with E-state index in [9.17, 15) is 0 Å². The summed E-state index contributed by atoms with van der Waals surface area (Å²) in [6.07, 6.45) is 11.3.